The van der Waals surface area contributed by atoms with Crippen LogP contribution in [0.3, 0.4) is 0 Å². The standard InChI is InChI=1S/C41H40F5N5O4.C4H6O6/c1-40(2,39(54)55-3)49-21-18-32(19-22-49)50(24-26-6-8-27(9-7-26)28-10-14-30(15-11-28)41(44,45)46)36(52)25-51-35(17-13-29-12-16-31(42)23-34(29)43)48-38(53)33-5-4-20-47-37(33)51;5-1(3(7)8)2(6)4(9)10/h4-12,14-16,20,23,32H,13,17-19,21-22,24-25H2,1-3H3;1-2,5-6H,(H,7,8)(H,9,10)/t;1-,2-/m.1/s1. The number of carboxylic acids is 2. The van der Waals surface area contributed by atoms with Gasteiger partial charge in [0, 0.05) is 44.4 Å². The van der Waals surface area contributed by atoms with Crippen molar-refractivity contribution in [1.82, 2.24) is 24.3 Å². The lowest BCUT2D eigenvalue weighted by molar-refractivity contribution is -0.165. The number of hydrogen-bond acceptors (Lipinski definition) is 11. The van der Waals surface area contributed by atoms with Crippen LogP contribution in [-0.2, 0) is 56.0 Å². The van der Waals surface area contributed by atoms with E-state index in [4.69, 9.17) is 25.2 Å². The van der Waals surface area contributed by atoms with Crippen LogP contribution in [0, 0.1) is 11.6 Å². The molecule has 346 valence electrons. The Labute approximate surface area is 368 Å². The first-order chi connectivity index (χ1) is 30.6. The maximum absolute atomic E-state index is 14.6. The summed E-state index contributed by atoms with van der Waals surface area (Å²) in [5.74, 6) is -5.45. The van der Waals surface area contributed by atoms with Crippen LogP contribution in [0.4, 0.5) is 22.0 Å². The first kappa shape index (κ1) is 49.4. The number of carbonyl (C=O) groups is 4. The molecule has 0 radical (unpaired) electrons. The molecular weight excluding hydrogens is 866 g/mol. The summed E-state index contributed by atoms with van der Waals surface area (Å²) in [6.07, 6.45) is -6.27. The van der Waals surface area contributed by atoms with Crippen LogP contribution < -0.4 is 5.56 Å². The van der Waals surface area contributed by atoms with Crippen molar-refractivity contribution in [1.29, 1.82) is 0 Å². The summed E-state index contributed by atoms with van der Waals surface area (Å²) in [7, 11) is 1.34. The Morgan fingerprint density at radius 2 is 1.45 bits per heavy atom. The van der Waals surface area contributed by atoms with Crippen LogP contribution in [0.2, 0.25) is 0 Å². The molecule has 1 amide bonds. The monoisotopic (exact) mass is 911 g/mol. The Kier molecular flexibility index (Phi) is 15.9. The number of methoxy groups -OCH3 is 1. The highest BCUT2D eigenvalue weighted by Crippen LogP contribution is 2.32. The molecule has 0 spiro atoms. The molecule has 3 aromatic carbocycles. The SMILES string of the molecule is COC(=O)C(C)(C)N1CCC(N(Cc2ccc(-c3ccc(C(F)(F)F)cc3)cc2)C(=O)Cn2c(CCc3ccc(F)cc3F)nc(=O)c3cccnc32)CC1.O=C(O)[C@H](O)[C@@H](O)C(=O)O. The summed E-state index contributed by atoms with van der Waals surface area (Å²) in [5, 5.41) is 32.7. The molecule has 1 saturated heterocycles. The minimum atomic E-state index is -4.45. The maximum Gasteiger partial charge on any atom is 0.416 e. The third kappa shape index (κ3) is 12.1. The van der Waals surface area contributed by atoms with Crippen molar-refractivity contribution >= 4 is 34.8 Å². The van der Waals surface area contributed by atoms with Crippen LogP contribution >= 0.6 is 0 Å². The second-order valence-electron chi connectivity index (χ2n) is 15.7. The summed E-state index contributed by atoms with van der Waals surface area (Å²) >= 11 is 0. The Morgan fingerprint density at radius 3 is 1.98 bits per heavy atom. The number of likely N-dealkylation sites (tertiary alicyclic amines) is 1. The summed E-state index contributed by atoms with van der Waals surface area (Å²) in [5.41, 5.74) is 0.363. The van der Waals surface area contributed by atoms with Crippen LogP contribution in [-0.4, -0.2) is 113 Å². The molecule has 0 aliphatic carbocycles. The zero-order valence-electron chi connectivity index (χ0n) is 35.3. The molecule has 6 rings (SSSR count). The van der Waals surface area contributed by atoms with E-state index in [1.807, 2.05) is 17.0 Å². The van der Waals surface area contributed by atoms with E-state index in [1.165, 1.54) is 31.5 Å². The summed E-state index contributed by atoms with van der Waals surface area (Å²) in [6, 6.07) is 18.3. The number of nitrogens with zero attached hydrogens (tertiary/aromatic N) is 5. The second kappa shape index (κ2) is 20.9. The van der Waals surface area contributed by atoms with E-state index in [1.54, 1.807) is 47.6 Å². The molecule has 0 bridgehead atoms. The fourth-order valence-corrected chi connectivity index (χ4v) is 7.35. The van der Waals surface area contributed by atoms with Gasteiger partial charge in [0.15, 0.2) is 12.2 Å². The average Bonchev–Trinajstić information content (AvgIpc) is 3.28. The third-order valence-electron chi connectivity index (χ3n) is 11.1. The van der Waals surface area contributed by atoms with Crippen molar-refractivity contribution in [2.24, 2.45) is 0 Å². The molecule has 2 aromatic heterocycles. The predicted octanol–water partition coefficient (Wildman–Crippen LogP) is 4.86. The predicted molar refractivity (Wildman–Crippen MR) is 223 cm³/mol. The number of ether oxygens (including phenoxy) is 1. The van der Waals surface area contributed by atoms with Crippen molar-refractivity contribution in [3.8, 4) is 11.1 Å². The average molecular weight is 912 g/mol. The first-order valence-corrected chi connectivity index (χ1v) is 20.1. The number of pyridine rings is 1. The number of hydrogen-bond donors (Lipinski definition) is 4. The van der Waals surface area contributed by atoms with Gasteiger partial charge in [0.25, 0.3) is 5.56 Å². The molecule has 1 aliphatic heterocycles. The Morgan fingerprint density at radius 1 is 0.862 bits per heavy atom. The molecule has 65 heavy (non-hydrogen) atoms. The Hall–Kier alpha value is -6.64. The lowest BCUT2D eigenvalue weighted by Gasteiger charge is -2.44. The number of esters is 1. The number of aliphatic hydroxyl groups is 2. The number of carboxylic acid groups (broad SMARTS) is 2. The van der Waals surface area contributed by atoms with Crippen molar-refractivity contribution in [3.63, 3.8) is 0 Å². The van der Waals surface area contributed by atoms with Gasteiger partial charge >= 0.3 is 24.1 Å². The largest absolute Gasteiger partial charge is 0.479 e. The lowest BCUT2D eigenvalue weighted by Crippen LogP contribution is -2.56. The minimum absolute atomic E-state index is 0.0595. The molecule has 2 atom stereocenters. The highest BCUT2D eigenvalue weighted by Gasteiger charge is 2.39. The highest BCUT2D eigenvalue weighted by atomic mass is 19.4. The smallest absolute Gasteiger partial charge is 0.416 e. The first-order valence-electron chi connectivity index (χ1n) is 20.1. The number of fused-ring (bicyclic) bond motifs is 1. The maximum atomic E-state index is 14.6. The Bertz CT molecular complexity index is 2550. The van der Waals surface area contributed by atoms with E-state index in [9.17, 15) is 45.9 Å². The number of benzene rings is 3. The molecule has 15 nitrogen and oxygen atoms in total. The van der Waals surface area contributed by atoms with E-state index in [0.29, 0.717) is 37.1 Å². The number of aliphatic carboxylic acids is 2. The number of amides is 1. The summed E-state index contributed by atoms with van der Waals surface area (Å²) in [6.45, 7) is 4.53. The lowest BCUT2D eigenvalue weighted by atomic mass is 9.95. The van der Waals surface area contributed by atoms with Gasteiger partial charge in [-0.05, 0) is 85.7 Å². The van der Waals surface area contributed by atoms with E-state index < -0.39 is 58.6 Å². The second-order valence-corrected chi connectivity index (χ2v) is 15.7. The van der Waals surface area contributed by atoms with Gasteiger partial charge in [-0.25, -0.2) is 23.4 Å². The molecule has 0 saturated carbocycles. The van der Waals surface area contributed by atoms with Gasteiger partial charge in [0.1, 0.15) is 35.2 Å². The fraction of sp³-hybridized carbons (Fsp3) is 0.356. The number of aromatic nitrogens is 3. The van der Waals surface area contributed by atoms with Crippen molar-refractivity contribution in [2.45, 2.75) is 82.6 Å². The molecule has 4 N–H and O–H groups in total. The fourth-order valence-electron chi connectivity index (χ4n) is 7.35. The third-order valence-corrected chi connectivity index (χ3v) is 11.1. The number of halogens is 5. The van der Waals surface area contributed by atoms with Crippen LogP contribution in [0.25, 0.3) is 22.2 Å². The van der Waals surface area contributed by atoms with Crippen molar-refractivity contribution in [3.05, 3.63) is 130 Å². The van der Waals surface area contributed by atoms with Crippen LogP contribution in [0.5, 0.6) is 0 Å². The number of aliphatic hydroxyl groups excluding tert-OH is 2. The summed E-state index contributed by atoms with van der Waals surface area (Å²) in [4.78, 5) is 72.3. The minimum Gasteiger partial charge on any atom is -0.479 e. The molecule has 3 heterocycles. The van der Waals surface area contributed by atoms with Gasteiger partial charge < -0.3 is 34.6 Å². The molecule has 1 aliphatic rings. The molecule has 1 fully saturated rings. The molecular formula is C45H46F5N5O10. The summed E-state index contributed by atoms with van der Waals surface area (Å²) < 4.78 is 74.2. The van der Waals surface area contributed by atoms with Gasteiger partial charge in [0.05, 0.1) is 18.1 Å². The molecule has 5 aromatic rings. The zero-order chi connectivity index (χ0) is 47.8. The van der Waals surface area contributed by atoms with Gasteiger partial charge in [-0.2, -0.15) is 18.2 Å². The number of piperidine rings is 1. The van der Waals surface area contributed by atoms with Gasteiger partial charge in [-0.3, -0.25) is 19.3 Å². The van der Waals surface area contributed by atoms with Crippen LogP contribution in [0.1, 0.15) is 49.2 Å². The topological polar surface area (TPSA) is 213 Å². The van der Waals surface area contributed by atoms with Gasteiger partial charge in [-0.1, -0.05) is 42.5 Å². The molecule has 0 unspecified atom stereocenters. The van der Waals surface area contributed by atoms with Crippen LogP contribution in [0.15, 0.2) is 89.9 Å². The van der Waals surface area contributed by atoms with Gasteiger partial charge in [-0.15, -0.1) is 0 Å². The quantitative estimate of drug-likeness (QED) is 0.0867. The van der Waals surface area contributed by atoms with E-state index in [-0.39, 0.29) is 66.3 Å². The number of aryl methyl sites for hydroxylation is 2. The normalized spacial score (nSPS) is 14.5. The van der Waals surface area contributed by atoms with Gasteiger partial charge in [0.2, 0.25) is 5.91 Å². The number of rotatable bonds is 14. The molecule has 20 heteroatoms. The van der Waals surface area contributed by atoms with Crippen molar-refractivity contribution < 1.29 is 66.3 Å². The number of alkyl halides is 3. The highest BCUT2D eigenvalue weighted by molar-refractivity contribution is 5.83. The zero-order valence-corrected chi connectivity index (χ0v) is 35.3. The van der Waals surface area contributed by atoms with Crippen molar-refractivity contribution in [2.75, 3.05) is 20.2 Å². The van der Waals surface area contributed by atoms with E-state index >= 15 is 0 Å². The van der Waals surface area contributed by atoms with E-state index in [0.717, 1.165) is 29.8 Å². The Balaban J connectivity index is 0.000000709. The van der Waals surface area contributed by atoms with E-state index in [2.05, 4.69) is 9.97 Å². The number of carbonyl (C=O) groups excluding carboxylic acids is 2.